The minimum Gasteiger partial charge on any atom is -0.309 e. The summed E-state index contributed by atoms with van der Waals surface area (Å²) in [4.78, 5) is 12.2. The van der Waals surface area contributed by atoms with Gasteiger partial charge in [0.2, 0.25) is 5.91 Å². The maximum absolute atomic E-state index is 12.2. The van der Waals surface area contributed by atoms with E-state index in [4.69, 9.17) is 0 Å². The fourth-order valence-electron chi connectivity index (χ4n) is 2.19. The smallest absolute Gasteiger partial charge is 0.245 e. The zero-order chi connectivity index (χ0) is 11.6. The van der Waals surface area contributed by atoms with Gasteiger partial charge in [0.15, 0.2) is 0 Å². The maximum atomic E-state index is 12.2. The Kier molecular flexibility index (Phi) is 2.96. The van der Waals surface area contributed by atoms with Gasteiger partial charge < -0.3 is 10.6 Å². The number of aryl methyl sites for hydroxylation is 1. The summed E-state index contributed by atoms with van der Waals surface area (Å²) in [5.41, 5.74) is -0.385. The molecule has 0 spiro atoms. The van der Waals surface area contributed by atoms with Crippen LogP contribution in [0.5, 0.6) is 0 Å². The topological polar surface area (TPSA) is 59.0 Å². The van der Waals surface area contributed by atoms with E-state index in [0.29, 0.717) is 0 Å². The number of anilines is 1. The van der Waals surface area contributed by atoms with Crippen molar-refractivity contribution in [3.8, 4) is 0 Å². The molecule has 1 amide bonds. The molecule has 0 bridgehead atoms. The van der Waals surface area contributed by atoms with Crippen molar-refractivity contribution < 1.29 is 4.79 Å². The summed E-state index contributed by atoms with van der Waals surface area (Å²) in [5, 5.41) is 10.3. The lowest BCUT2D eigenvalue weighted by atomic mass is 9.93. The van der Waals surface area contributed by atoms with Crippen LogP contribution in [0.1, 0.15) is 26.2 Å². The van der Waals surface area contributed by atoms with Crippen molar-refractivity contribution >= 4 is 11.7 Å². The third-order valence-electron chi connectivity index (χ3n) is 3.34. The van der Waals surface area contributed by atoms with Crippen LogP contribution in [0.2, 0.25) is 0 Å². The molecule has 0 saturated carbocycles. The van der Waals surface area contributed by atoms with Crippen LogP contribution < -0.4 is 10.6 Å². The van der Waals surface area contributed by atoms with Gasteiger partial charge in [-0.1, -0.05) is 6.92 Å². The summed E-state index contributed by atoms with van der Waals surface area (Å²) in [5.74, 6) is 0.794. The fraction of sp³-hybridized carbons (Fsp3) is 0.636. The molecule has 1 aliphatic rings. The molecule has 1 aromatic heterocycles. The Bertz CT molecular complexity index is 379. The highest BCUT2D eigenvalue weighted by Gasteiger charge is 2.39. The Hall–Kier alpha value is -1.36. The Balaban J connectivity index is 2.10. The normalized spacial score (nSPS) is 24.6. The monoisotopic (exact) mass is 222 g/mol. The van der Waals surface area contributed by atoms with Crippen molar-refractivity contribution in [2.24, 2.45) is 7.05 Å². The van der Waals surface area contributed by atoms with Crippen molar-refractivity contribution in [3.63, 3.8) is 0 Å². The highest BCUT2D eigenvalue weighted by molar-refractivity contribution is 5.97. The summed E-state index contributed by atoms with van der Waals surface area (Å²) in [6, 6.07) is 1.80. The SMILES string of the molecule is CCC1(C(=O)Nc2ccnn2C)CCCN1. The molecular formula is C11H18N4O. The van der Waals surface area contributed by atoms with Crippen molar-refractivity contribution in [1.29, 1.82) is 0 Å². The van der Waals surface area contributed by atoms with E-state index in [1.54, 1.807) is 16.9 Å². The summed E-state index contributed by atoms with van der Waals surface area (Å²) in [6.07, 6.45) is 4.47. The van der Waals surface area contributed by atoms with Crippen LogP contribution in [-0.2, 0) is 11.8 Å². The minimum atomic E-state index is -0.385. The number of hydrogen-bond donors (Lipinski definition) is 2. The largest absolute Gasteiger partial charge is 0.309 e. The Morgan fingerprint density at radius 2 is 2.56 bits per heavy atom. The molecule has 1 aliphatic heterocycles. The lowest BCUT2D eigenvalue weighted by Crippen LogP contribution is -2.50. The van der Waals surface area contributed by atoms with E-state index in [1.807, 2.05) is 14.0 Å². The molecule has 2 heterocycles. The molecule has 88 valence electrons. The second-order valence-corrected chi connectivity index (χ2v) is 4.26. The van der Waals surface area contributed by atoms with Crippen LogP contribution in [0.15, 0.2) is 12.3 Å². The molecule has 0 aliphatic carbocycles. The number of nitrogens with zero attached hydrogens (tertiary/aromatic N) is 2. The first-order valence-corrected chi connectivity index (χ1v) is 5.72. The van der Waals surface area contributed by atoms with Gasteiger partial charge in [-0.15, -0.1) is 0 Å². The van der Waals surface area contributed by atoms with E-state index in [0.717, 1.165) is 31.6 Å². The zero-order valence-electron chi connectivity index (χ0n) is 9.79. The number of aromatic nitrogens is 2. The molecule has 16 heavy (non-hydrogen) atoms. The Morgan fingerprint density at radius 1 is 1.75 bits per heavy atom. The average Bonchev–Trinajstić information content (AvgIpc) is 2.89. The van der Waals surface area contributed by atoms with E-state index in [2.05, 4.69) is 15.7 Å². The Labute approximate surface area is 95.2 Å². The number of carbonyl (C=O) groups is 1. The van der Waals surface area contributed by atoms with Gasteiger partial charge >= 0.3 is 0 Å². The molecule has 5 nitrogen and oxygen atoms in total. The van der Waals surface area contributed by atoms with Crippen LogP contribution in [0, 0.1) is 0 Å². The maximum Gasteiger partial charge on any atom is 0.245 e. The van der Waals surface area contributed by atoms with Crippen LogP contribution in [-0.4, -0.2) is 27.8 Å². The van der Waals surface area contributed by atoms with E-state index >= 15 is 0 Å². The number of hydrogen-bond acceptors (Lipinski definition) is 3. The standard InChI is InChI=1S/C11H18N4O/c1-3-11(6-4-7-12-11)10(16)14-9-5-8-13-15(9)2/h5,8,12H,3-4,6-7H2,1-2H3,(H,14,16). The van der Waals surface area contributed by atoms with E-state index in [1.165, 1.54) is 0 Å². The van der Waals surface area contributed by atoms with Gasteiger partial charge in [-0.05, 0) is 25.8 Å². The molecule has 1 saturated heterocycles. The average molecular weight is 222 g/mol. The predicted molar refractivity (Wildman–Crippen MR) is 62.1 cm³/mol. The summed E-state index contributed by atoms with van der Waals surface area (Å²) in [6.45, 7) is 2.97. The number of rotatable bonds is 3. The van der Waals surface area contributed by atoms with Crippen LogP contribution in [0.3, 0.4) is 0 Å². The number of amides is 1. The summed E-state index contributed by atoms with van der Waals surface area (Å²) in [7, 11) is 1.82. The molecular weight excluding hydrogens is 204 g/mol. The first-order chi connectivity index (χ1) is 7.68. The minimum absolute atomic E-state index is 0.0519. The molecule has 2 N–H and O–H groups in total. The van der Waals surface area contributed by atoms with E-state index in [-0.39, 0.29) is 11.4 Å². The lowest BCUT2D eigenvalue weighted by molar-refractivity contribution is -0.122. The van der Waals surface area contributed by atoms with Gasteiger partial charge in [-0.3, -0.25) is 9.48 Å². The summed E-state index contributed by atoms with van der Waals surface area (Å²) >= 11 is 0. The third kappa shape index (κ3) is 1.82. The highest BCUT2D eigenvalue weighted by Crippen LogP contribution is 2.24. The van der Waals surface area contributed by atoms with Gasteiger partial charge in [0, 0.05) is 13.1 Å². The van der Waals surface area contributed by atoms with Crippen molar-refractivity contribution in [2.75, 3.05) is 11.9 Å². The third-order valence-corrected chi connectivity index (χ3v) is 3.34. The van der Waals surface area contributed by atoms with Crippen molar-refractivity contribution in [2.45, 2.75) is 31.7 Å². The molecule has 1 atom stereocenters. The fourth-order valence-corrected chi connectivity index (χ4v) is 2.19. The van der Waals surface area contributed by atoms with Crippen LogP contribution in [0.4, 0.5) is 5.82 Å². The van der Waals surface area contributed by atoms with Gasteiger partial charge in [0.1, 0.15) is 5.82 Å². The second kappa shape index (κ2) is 4.25. The number of carbonyl (C=O) groups excluding carboxylic acids is 1. The molecule has 1 unspecified atom stereocenters. The van der Waals surface area contributed by atoms with Crippen LogP contribution in [0.25, 0.3) is 0 Å². The zero-order valence-corrected chi connectivity index (χ0v) is 9.79. The molecule has 5 heteroatoms. The molecule has 1 fully saturated rings. The first kappa shape index (κ1) is 11.1. The van der Waals surface area contributed by atoms with Gasteiger partial charge in [-0.25, -0.2) is 0 Å². The molecule has 2 rings (SSSR count). The molecule has 0 aromatic carbocycles. The first-order valence-electron chi connectivity index (χ1n) is 5.72. The van der Waals surface area contributed by atoms with Crippen LogP contribution >= 0.6 is 0 Å². The van der Waals surface area contributed by atoms with Crippen molar-refractivity contribution in [1.82, 2.24) is 15.1 Å². The quantitative estimate of drug-likeness (QED) is 0.798. The van der Waals surface area contributed by atoms with E-state index in [9.17, 15) is 4.79 Å². The summed E-state index contributed by atoms with van der Waals surface area (Å²) < 4.78 is 1.66. The molecule has 1 aromatic rings. The van der Waals surface area contributed by atoms with Crippen molar-refractivity contribution in [3.05, 3.63) is 12.3 Å². The molecule has 0 radical (unpaired) electrons. The van der Waals surface area contributed by atoms with Gasteiger partial charge in [0.05, 0.1) is 11.7 Å². The second-order valence-electron chi connectivity index (χ2n) is 4.26. The number of nitrogens with one attached hydrogen (secondary N) is 2. The van der Waals surface area contributed by atoms with Gasteiger partial charge in [-0.2, -0.15) is 5.10 Å². The lowest BCUT2D eigenvalue weighted by Gasteiger charge is -2.26. The Morgan fingerprint density at radius 3 is 3.06 bits per heavy atom. The highest BCUT2D eigenvalue weighted by atomic mass is 16.2. The van der Waals surface area contributed by atoms with E-state index < -0.39 is 0 Å². The predicted octanol–water partition coefficient (Wildman–Crippen LogP) is 0.891. The van der Waals surface area contributed by atoms with Gasteiger partial charge in [0.25, 0.3) is 0 Å².